The summed E-state index contributed by atoms with van der Waals surface area (Å²) in [5.74, 6) is -2.95. The van der Waals surface area contributed by atoms with E-state index in [1.54, 1.807) is 0 Å². The molecule has 0 saturated carbocycles. The van der Waals surface area contributed by atoms with Crippen molar-refractivity contribution in [1.29, 1.82) is 0 Å². The molecule has 2 rings (SSSR count). The maximum atomic E-state index is 13.1. The van der Waals surface area contributed by atoms with Crippen molar-refractivity contribution in [2.24, 2.45) is 0 Å². The van der Waals surface area contributed by atoms with Gasteiger partial charge in [-0.25, -0.2) is 26.3 Å². The van der Waals surface area contributed by atoms with Crippen molar-refractivity contribution in [1.82, 2.24) is 4.72 Å². The van der Waals surface area contributed by atoms with Gasteiger partial charge in [0.2, 0.25) is 10.0 Å². The minimum Gasteiger partial charge on any atom is -0.384 e. The van der Waals surface area contributed by atoms with Crippen LogP contribution in [0.5, 0.6) is 0 Å². The molecule has 0 heterocycles. The molecule has 0 aliphatic carbocycles. The first-order chi connectivity index (χ1) is 10.6. The van der Waals surface area contributed by atoms with Gasteiger partial charge < -0.3 is 5.11 Å². The van der Waals surface area contributed by atoms with E-state index in [-0.39, 0.29) is 0 Å². The van der Waals surface area contributed by atoms with Crippen molar-refractivity contribution in [3.05, 3.63) is 65.5 Å². The Balaban J connectivity index is 2.17. The van der Waals surface area contributed by atoms with Gasteiger partial charge in [0.25, 0.3) is 0 Å². The third-order valence-corrected chi connectivity index (χ3v) is 4.67. The van der Waals surface area contributed by atoms with E-state index in [1.165, 1.54) is 19.1 Å². The zero-order chi connectivity index (χ0) is 17.3. The molecule has 0 aliphatic heterocycles. The topological polar surface area (TPSA) is 66.4 Å². The van der Waals surface area contributed by atoms with Crippen molar-refractivity contribution in [2.45, 2.75) is 17.4 Å². The van der Waals surface area contributed by atoms with Crippen LogP contribution in [-0.4, -0.2) is 20.1 Å². The zero-order valence-corrected chi connectivity index (χ0v) is 12.9. The average molecular weight is 345 g/mol. The van der Waals surface area contributed by atoms with E-state index in [4.69, 9.17) is 0 Å². The minimum atomic E-state index is -4.14. The van der Waals surface area contributed by atoms with E-state index in [0.29, 0.717) is 17.7 Å². The molecule has 0 aromatic heterocycles. The lowest BCUT2D eigenvalue weighted by Gasteiger charge is -2.24. The Morgan fingerprint density at radius 1 is 1.04 bits per heavy atom. The molecule has 124 valence electrons. The van der Waals surface area contributed by atoms with Gasteiger partial charge in [-0.2, -0.15) is 0 Å². The van der Waals surface area contributed by atoms with E-state index in [2.05, 4.69) is 4.72 Å². The number of benzene rings is 2. The van der Waals surface area contributed by atoms with Crippen molar-refractivity contribution in [2.75, 3.05) is 6.54 Å². The highest BCUT2D eigenvalue weighted by atomic mass is 32.2. The highest BCUT2D eigenvalue weighted by molar-refractivity contribution is 7.89. The largest absolute Gasteiger partial charge is 0.384 e. The molecule has 0 bridgehead atoms. The number of sulfonamides is 1. The van der Waals surface area contributed by atoms with Crippen molar-refractivity contribution in [3.8, 4) is 0 Å². The van der Waals surface area contributed by atoms with Crippen molar-refractivity contribution >= 4 is 10.0 Å². The Hall–Kier alpha value is -1.90. The molecule has 0 radical (unpaired) electrons. The predicted octanol–water partition coefficient (Wildman–Crippen LogP) is 2.29. The molecule has 0 fully saturated rings. The summed E-state index contributed by atoms with van der Waals surface area (Å²) in [5.41, 5.74) is -1.31. The molecular weight excluding hydrogens is 331 g/mol. The first-order valence-corrected chi connectivity index (χ1v) is 8.03. The van der Waals surface area contributed by atoms with Crippen molar-refractivity contribution in [3.63, 3.8) is 0 Å². The fraction of sp³-hybridized carbons (Fsp3) is 0.200. The smallest absolute Gasteiger partial charge is 0.240 e. The summed E-state index contributed by atoms with van der Waals surface area (Å²) in [6, 6.07) is 7.06. The van der Waals surface area contributed by atoms with Crippen LogP contribution in [0.1, 0.15) is 12.5 Å². The van der Waals surface area contributed by atoms with Crippen LogP contribution in [-0.2, 0) is 15.6 Å². The summed E-state index contributed by atoms with van der Waals surface area (Å²) < 4.78 is 65.1. The number of halogens is 3. The Bertz CT molecular complexity index is 805. The molecule has 2 aromatic rings. The Morgan fingerprint density at radius 3 is 2.22 bits per heavy atom. The van der Waals surface area contributed by atoms with Gasteiger partial charge in [0.05, 0.1) is 4.90 Å². The molecule has 1 atom stereocenters. The zero-order valence-electron chi connectivity index (χ0n) is 12.1. The van der Waals surface area contributed by atoms with Crippen LogP contribution in [0.4, 0.5) is 13.2 Å². The second kappa shape index (κ2) is 6.31. The molecule has 4 nitrogen and oxygen atoms in total. The number of rotatable bonds is 5. The van der Waals surface area contributed by atoms with Gasteiger partial charge in [0.15, 0.2) is 11.6 Å². The van der Waals surface area contributed by atoms with Crippen LogP contribution in [0, 0.1) is 17.5 Å². The fourth-order valence-electron chi connectivity index (χ4n) is 1.87. The van der Waals surface area contributed by atoms with Crippen LogP contribution in [0.25, 0.3) is 0 Å². The number of hydrogen-bond donors (Lipinski definition) is 2. The van der Waals surface area contributed by atoms with E-state index >= 15 is 0 Å². The first kappa shape index (κ1) is 17.5. The van der Waals surface area contributed by atoms with Crippen molar-refractivity contribution < 1.29 is 26.7 Å². The third kappa shape index (κ3) is 4.10. The molecule has 0 amide bonds. The van der Waals surface area contributed by atoms with Crippen LogP contribution >= 0.6 is 0 Å². The number of hydrogen-bond acceptors (Lipinski definition) is 3. The monoisotopic (exact) mass is 345 g/mol. The maximum Gasteiger partial charge on any atom is 0.240 e. The van der Waals surface area contributed by atoms with Gasteiger partial charge in [0.1, 0.15) is 11.4 Å². The summed E-state index contributed by atoms with van der Waals surface area (Å²) in [7, 11) is -4.14. The standard InChI is InChI=1S/C15H14F3NO3S/c1-15(20,10-2-4-11(16)5-3-10)9-19-23(21,22)12-6-7-13(17)14(18)8-12/h2-8,19-20H,9H2,1H3. The number of nitrogens with one attached hydrogen (secondary N) is 1. The average Bonchev–Trinajstić information content (AvgIpc) is 2.48. The second-order valence-corrected chi connectivity index (χ2v) is 6.95. The predicted molar refractivity (Wildman–Crippen MR) is 77.5 cm³/mol. The molecule has 2 aromatic carbocycles. The lowest BCUT2D eigenvalue weighted by molar-refractivity contribution is 0.0627. The Kier molecular flexibility index (Phi) is 4.79. The SMILES string of the molecule is CC(O)(CNS(=O)(=O)c1ccc(F)c(F)c1)c1ccc(F)cc1. The van der Waals surface area contributed by atoms with E-state index in [0.717, 1.165) is 18.2 Å². The fourth-order valence-corrected chi connectivity index (χ4v) is 3.02. The van der Waals surface area contributed by atoms with Gasteiger partial charge in [-0.05, 0) is 42.8 Å². The summed E-state index contributed by atoms with van der Waals surface area (Å²) in [6.07, 6.45) is 0. The van der Waals surface area contributed by atoms with E-state index in [1.807, 2.05) is 0 Å². The van der Waals surface area contributed by atoms with Crippen LogP contribution in [0.3, 0.4) is 0 Å². The molecule has 1 unspecified atom stereocenters. The molecular formula is C15H14F3NO3S. The quantitative estimate of drug-likeness (QED) is 0.874. The molecule has 8 heteroatoms. The molecule has 0 aliphatic rings. The number of aliphatic hydroxyl groups is 1. The molecule has 0 saturated heterocycles. The molecule has 0 spiro atoms. The molecule has 2 N–H and O–H groups in total. The van der Waals surface area contributed by atoms with Crippen LogP contribution in [0.15, 0.2) is 47.4 Å². The Labute approximate surface area is 131 Å². The summed E-state index contributed by atoms with van der Waals surface area (Å²) in [6.45, 7) is 0.911. The lowest BCUT2D eigenvalue weighted by atomic mass is 9.96. The van der Waals surface area contributed by atoms with Crippen LogP contribution in [0.2, 0.25) is 0 Å². The van der Waals surface area contributed by atoms with E-state index in [9.17, 15) is 26.7 Å². The van der Waals surface area contributed by atoms with Gasteiger partial charge in [-0.15, -0.1) is 0 Å². The highest BCUT2D eigenvalue weighted by Crippen LogP contribution is 2.21. The van der Waals surface area contributed by atoms with Gasteiger partial charge in [0, 0.05) is 6.54 Å². The van der Waals surface area contributed by atoms with Gasteiger partial charge in [-0.1, -0.05) is 12.1 Å². The van der Waals surface area contributed by atoms with Crippen LogP contribution < -0.4 is 4.72 Å². The first-order valence-electron chi connectivity index (χ1n) is 6.55. The van der Waals surface area contributed by atoms with Gasteiger partial charge in [-0.3, -0.25) is 0 Å². The third-order valence-electron chi connectivity index (χ3n) is 3.27. The maximum absolute atomic E-state index is 13.1. The molecule has 23 heavy (non-hydrogen) atoms. The lowest BCUT2D eigenvalue weighted by Crippen LogP contribution is -2.38. The summed E-state index contributed by atoms with van der Waals surface area (Å²) in [5, 5.41) is 10.3. The normalized spacial score (nSPS) is 14.5. The second-order valence-electron chi connectivity index (χ2n) is 5.18. The highest BCUT2D eigenvalue weighted by Gasteiger charge is 2.26. The summed E-state index contributed by atoms with van der Waals surface area (Å²) >= 11 is 0. The minimum absolute atomic E-state index is 0.298. The Morgan fingerprint density at radius 2 is 1.65 bits per heavy atom. The van der Waals surface area contributed by atoms with E-state index < -0.39 is 44.5 Å². The van der Waals surface area contributed by atoms with Gasteiger partial charge >= 0.3 is 0 Å². The summed E-state index contributed by atoms with van der Waals surface area (Å²) in [4.78, 5) is -0.466.